The van der Waals surface area contributed by atoms with Crippen molar-refractivity contribution < 1.29 is 17.9 Å². The van der Waals surface area contributed by atoms with Gasteiger partial charge >= 0.3 is 0 Å². The van der Waals surface area contributed by atoms with E-state index in [-0.39, 0.29) is 11.3 Å². The first-order valence-corrected chi connectivity index (χ1v) is 12.0. The smallest absolute Gasteiger partial charge is 0.242 e. The van der Waals surface area contributed by atoms with Gasteiger partial charge < -0.3 is 10.1 Å². The maximum atomic E-state index is 13.0. The molecule has 1 atom stereocenters. The van der Waals surface area contributed by atoms with Crippen LogP contribution in [-0.2, 0) is 21.2 Å². The summed E-state index contributed by atoms with van der Waals surface area (Å²) in [5.74, 6) is 0.135. The third-order valence-corrected chi connectivity index (χ3v) is 6.47. The predicted octanol–water partition coefficient (Wildman–Crippen LogP) is 4.38. The summed E-state index contributed by atoms with van der Waals surface area (Å²) in [6.45, 7) is 2.34. The van der Waals surface area contributed by atoms with Crippen LogP contribution >= 0.6 is 15.9 Å². The van der Waals surface area contributed by atoms with Gasteiger partial charge in [0.25, 0.3) is 0 Å². The van der Waals surface area contributed by atoms with Crippen molar-refractivity contribution in [2.24, 2.45) is 0 Å². The van der Waals surface area contributed by atoms with Crippen molar-refractivity contribution in [3.05, 3.63) is 88.9 Å². The molecule has 0 aliphatic carbocycles. The minimum atomic E-state index is -3.93. The van der Waals surface area contributed by atoms with E-state index < -0.39 is 22.0 Å². The zero-order valence-electron chi connectivity index (χ0n) is 16.9. The van der Waals surface area contributed by atoms with E-state index in [9.17, 15) is 13.2 Å². The lowest BCUT2D eigenvalue weighted by Gasteiger charge is -2.19. The van der Waals surface area contributed by atoms with Gasteiger partial charge in [0.05, 0.1) is 11.5 Å². The molecule has 0 aliphatic heterocycles. The van der Waals surface area contributed by atoms with Crippen molar-refractivity contribution in [2.45, 2.75) is 24.3 Å². The van der Waals surface area contributed by atoms with Crippen molar-refractivity contribution in [1.29, 1.82) is 0 Å². The summed E-state index contributed by atoms with van der Waals surface area (Å²) < 4.78 is 34.7. The van der Waals surface area contributed by atoms with E-state index in [0.29, 0.717) is 18.0 Å². The first kappa shape index (κ1) is 23.0. The lowest BCUT2D eigenvalue weighted by Crippen LogP contribution is -2.45. The molecule has 2 N–H and O–H groups in total. The number of benzene rings is 3. The average Bonchev–Trinajstić information content (AvgIpc) is 2.76. The molecule has 0 saturated heterocycles. The van der Waals surface area contributed by atoms with E-state index in [2.05, 4.69) is 26.0 Å². The molecule has 6 nitrogen and oxygen atoms in total. The monoisotopic (exact) mass is 502 g/mol. The molecule has 0 saturated carbocycles. The summed E-state index contributed by atoms with van der Waals surface area (Å²) in [7, 11) is -3.93. The van der Waals surface area contributed by atoms with Crippen molar-refractivity contribution >= 4 is 37.5 Å². The Bertz CT molecular complexity index is 1100. The van der Waals surface area contributed by atoms with Gasteiger partial charge in [-0.3, -0.25) is 4.79 Å². The molecule has 162 valence electrons. The fourth-order valence-electron chi connectivity index (χ4n) is 2.94. The topological polar surface area (TPSA) is 84.5 Å². The van der Waals surface area contributed by atoms with Crippen LogP contribution < -0.4 is 14.8 Å². The summed E-state index contributed by atoms with van der Waals surface area (Å²) in [4.78, 5) is 13.0. The van der Waals surface area contributed by atoms with E-state index in [1.807, 2.05) is 37.3 Å². The molecule has 1 amide bonds. The molecule has 0 aliphatic rings. The van der Waals surface area contributed by atoms with E-state index >= 15 is 0 Å². The molecule has 3 aromatic carbocycles. The Morgan fingerprint density at radius 1 is 0.968 bits per heavy atom. The van der Waals surface area contributed by atoms with Gasteiger partial charge in [0.2, 0.25) is 15.9 Å². The highest BCUT2D eigenvalue weighted by molar-refractivity contribution is 9.10. The molecule has 31 heavy (non-hydrogen) atoms. The number of ether oxygens (including phenoxy) is 1. The fourth-order valence-corrected chi connectivity index (χ4v) is 4.40. The maximum absolute atomic E-state index is 13.0. The summed E-state index contributed by atoms with van der Waals surface area (Å²) in [6, 6.07) is 21.4. The van der Waals surface area contributed by atoms with Crippen LogP contribution in [0.3, 0.4) is 0 Å². The predicted molar refractivity (Wildman–Crippen MR) is 125 cm³/mol. The van der Waals surface area contributed by atoms with Crippen molar-refractivity contribution in [2.75, 3.05) is 11.9 Å². The average molecular weight is 503 g/mol. The van der Waals surface area contributed by atoms with Gasteiger partial charge in [-0.15, -0.1) is 0 Å². The molecular weight excluding hydrogens is 480 g/mol. The Hall–Kier alpha value is -2.68. The SMILES string of the molecule is CCOc1ccc(S(=O)(=O)N[C@H](Cc2ccccc2)C(=O)Nc2ccc(Br)cc2)cc1. The van der Waals surface area contributed by atoms with Gasteiger partial charge in [-0.05, 0) is 67.4 Å². The second-order valence-electron chi connectivity index (χ2n) is 6.76. The fraction of sp³-hybridized carbons (Fsp3) is 0.174. The van der Waals surface area contributed by atoms with Crippen LogP contribution in [0.5, 0.6) is 5.75 Å². The number of rotatable bonds is 9. The molecular formula is C23H23BrN2O4S. The number of hydrogen-bond donors (Lipinski definition) is 2. The second kappa shape index (κ2) is 10.6. The minimum Gasteiger partial charge on any atom is -0.494 e. The van der Waals surface area contributed by atoms with E-state index in [1.54, 1.807) is 36.4 Å². The van der Waals surface area contributed by atoms with Crippen molar-refractivity contribution in [1.82, 2.24) is 4.72 Å². The Morgan fingerprint density at radius 2 is 1.61 bits per heavy atom. The third-order valence-electron chi connectivity index (χ3n) is 4.45. The first-order chi connectivity index (χ1) is 14.9. The van der Waals surface area contributed by atoms with Crippen molar-refractivity contribution in [3.8, 4) is 5.75 Å². The highest BCUT2D eigenvalue weighted by Crippen LogP contribution is 2.18. The van der Waals surface area contributed by atoms with Crippen LogP contribution in [0.4, 0.5) is 5.69 Å². The molecule has 0 heterocycles. The minimum absolute atomic E-state index is 0.0606. The summed E-state index contributed by atoms with van der Waals surface area (Å²) in [6.07, 6.45) is 0.208. The molecule has 0 unspecified atom stereocenters. The molecule has 0 aromatic heterocycles. The van der Waals surface area contributed by atoms with E-state index in [1.165, 1.54) is 12.1 Å². The highest BCUT2D eigenvalue weighted by Gasteiger charge is 2.26. The van der Waals surface area contributed by atoms with Gasteiger partial charge in [0, 0.05) is 10.2 Å². The third kappa shape index (κ3) is 6.65. The number of sulfonamides is 1. The number of carbonyl (C=O) groups excluding carboxylic acids is 1. The Kier molecular flexibility index (Phi) is 7.84. The van der Waals surface area contributed by atoms with Crippen LogP contribution in [-0.4, -0.2) is 27.0 Å². The number of hydrogen-bond acceptors (Lipinski definition) is 4. The van der Waals surface area contributed by atoms with Crippen LogP contribution in [0.2, 0.25) is 0 Å². The molecule has 3 rings (SSSR count). The van der Waals surface area contributed by atoms with Crippen LogP contribution in [0, 0.1) is 0 Å². The summed E-state index contributed by atoms with van der Waals surface area (Å²) in [5.41, 5.74) is 1.42. The van der Waals surface area contributed by atoms with Gasteiger partial charge in [0.1, 0.15) is 11.8 Å². The van der Waals surface area contributed by atoms with Crippen LogP contribution in [0.1, 0.15) is 12.5 Å². The maximum Gasteiger partial charge on any atom is 0.242 e. The second-order valence-corrected chi connectivity index (χ2v) is 9.39. The van der Waals surface area contributed by atoms with Gasteiger partial charge in [-0.25, -0.2) is 8.42 Å². The van der Waals surface area contributed by atoms with Gasteiger partial charge in [-0.1, -0.05) is 46.3 Å². The molecule has 0 radical (unpaired) electrons. The van der Waals surface area contributed by atoms with Crippen LogP contribution in [0.25, 0.3) is 0 Å². The van der Waals surface area contributed by atoms with Crippen molar-refractivity contribution in [3.63, 3.8) is 0 Å². The van der Waals surface area contributed by atoms with E-state index in [0.717, 1.165) is 10.0 Å². The van der Waals surface area contributed by atoms with Crippen LogP contribution in [0.15, 0.2) is 88.2 Å². The van der Waals surface area contributed by atoms with Gasteiger partial charge in [-0.2, -0.15) is 4.72 Å². The molecule has 3 aromatic rings. The summed E-state index contributed by atoms with van der Waals surface area (Å²) in [5, 5.41) is 2.78. The lowest BCUT2D eigenvalue weighted by atomic mass is 10.1. The zero-order chi connectivity index (χ0) is 22.3. The number of carbonyl (C=O) groups is 1. The normalized spacial score (nSPS) is 12.2. The highest BCUT2D eigenvalue weighted by atomic mass is 79.9. The Balaban J connectivity index is 1.82. The standard InChI is InChI=1S/C23H23BrN2O4S/c1-2-30-20-12-14-21(15-13-20)31(28,29)26-22(16-17-6-4-3-5-7-17)23(27)25-19-10-8-18(24)9-11-19/h3-15,22,26H,2,16H2,1H3,(H,25,27)/t22-/m1/s1. The molecule has 0 bridgehead atoms. The summed E-state index contributed by atoms with van der Waals surface area (Å²) >= 11 is 3.35. The largest absolute Gasteiger partial charge is 0.494 e. The van der Waals surface area contributed by atoms with Gasteiger partial charge in [0.15, 0.2) is 0 Å². The number of anilines is 1. The molecule has 0 fully saturated rings. The number of amides is 1. The lowest BCUT2D eigenvalue weighted by molar-refractivity contribution is -0.117. The number of nitrogens with one attached hydrogen (secondary N) is 2. The first-order valence-electron chi connectivity index (χ1n) is 9.73. The van der Waals surface area contributed by atoms with E-state index in [4.69, 9.17) is 4.74 Å². The molecule has 0 spiro atoms. The Morgan fingerprint density at radius 3 is 2.23 bits per heavy atom. The Labute approximate surface area is 190 Å². The molecule has 8 heteroatoms. The quantitative estimate of drug-likeness (QED) is 0.454. The number of halogens is 1. The zero-order valence-corrected chi connectivity index (χ0v) is 19.3.